The van der Waals surface area contributed by atoms with Gasteiger partial charge < -0.3 is 5.32 Å². The molecule has 3 aliphatic rings. The number of imide groups is 1. The first-order valence-corrected chi connectivity index (χ1v) is 11.5. The van der Waals surface area contributed by atoms with Crippen molar-refractivity contribution in [2.24, 2.45) is 11.8 Å². The number of anilines is 2. The molecule has 2 aliphatic heterocycles. The smallest absolute Gasteiger partial charge is 0.260 e. The molecule has 4 atom stereocenters. The second-order valence-corrected chi connectivity index (χ2v) is 9.19. The molecule has 166 valence electrons. The molecule has 1 aliphatic carbocycles. The third kappa shape index (κ3) is 3.35. The van der Waals surface area contributed by atoms with Crippen LogP contribution in [0.4, 0.5) is 11.9 Å². The van der Waals surface area contributed by atoms with Crippen LogP contribution in [-0.2, 0) is 9.59 Å². The van der Waals surface area contributed by atoms with Crippen molar-refractivity contribution >= 4 is 35.3 Å². The average molecular weight is 460 g/mol. The number of amides is 2. The van der Waals surface area contributed by atoms with Gasteiger partial charge in [0.1, 0.15) is 0 Å². The quantitative estimate of drug-likeness (QED) is 0.459. The zero-order chi connectivity index (χ0) is 22.5. The molecule has 0 unspecified atom stereocenters. The predicted molar refractivity (Wildman–Crippen MR) is 125 cm³/mol. The van der Waals surface area contributed by atoms with E-state index in [4.69, 9.17) is 11.6 Å². The molecule has 3 heterocycles. The van der Waals surface area contributed by atoms with E-state index >= 15 is 0 Å². The first-order valence-electron chi connectivity index (χ1n) is 11.2. The largest absolute Gasteiger partial charge is 0.347 e. The van der Waals surface area contributed by atoms with Crippen LogP contribution in [0.1, 0.15) is 42.5 Å². The molecule has 0 bridgehead atoms. The van der Waals surface area contributed by atoms with E-state index in [2.05, 4.69) is 27.5 Å². The number of nitrogens with zero attached hydrogens (tertiary/aromatic N) is 4. The van der Waals surface area contributed by atoms with Gasteiger partial charge in [0, 0.05) is 5.02 Å². The number of allylic oxidation sites excluding steroid dienone is 2. The number of fused-ring (bicyclic) bond motifs is 2. The summed E-state index contributed by atoms with van der Waals surface area (Å²) in [5.41, 5.74) is 2.18. The van der Waals surface area contributed by atoms with Crippen LogP contribution in [0.5, 0.6) is 0 Å². The Balaban J connectivity index is 1.41. The van der Waals surface area contributed by atoms with Crippen molar-refractivity contribution in [3.8, 4) is 0 Å². The number of carbonyl (C=O) groups is 2. The molecule has 1 saturated heterocycles. The SMILES string of the molecule is O=C1[C@H]2CC=CC[C@@H]2C(=O)N1c1nc2n(n1)[C@H](c1ccc(Cl)cc1)C[C@H](c1ccccc1)N2. The van der Waals surface area contributed by atoms with Crippen molar-refractivity contribution in [2.75, 3.05) is 10.2 Å². The Morgan fingerprint density at radius 3 is 2.21 bits per heavy atom. The van der Waals surface area contributed by atoms with Crippen LogP contribution in [0, 0.1) is 11.8 Å². The Morgan fingerprint density at radius 1 is 0.879 bits per heavy atom. The fraction of sp³-hybridized carbons (Fsp3) is 0.280. The van der Waals surface area contributed by atoms with Gasteiger partial charge in [0.2, 0.25) is 17.8 Å². The van der Waals surface area contributed by atoms with Gasteiger partial charge in [0.25, 0.3) is 5.95 Å². The zero-order valence-corrected chi connectivity index (χ0v) is 18.5. The van der Waals surface area contributed by atoms with Crippen LogP contribution in [0.25, 0.3) is 0 Å². The Hall–Kier alpha value is -3.45. The van der Waals surface area contributed by atoms with Crippen molar-refractivity contribution in [1.29, 1.82) is 0 Å². The predicted octanol–water partition coefficient (Wildman–Crippen LogP) is 4.53. The lowest BCUT2D eigenvalue weighted by atomic mass is 9.85. The molecule has 0 saturated carbocycles. The Bertz CT molecular complexity index is 1230. The van der Waals surface area contributed by atoms with Crippen molar-refractivity contribution in [3.63, 3.8) is 0 Å². The molecule has 0 spiro atoms. The van der Waals surface area contributed by atoms with Crippen LogP contribution in [0.15, 0.2) is 66.7 Å². The normalized spacial score (nSPS) is 26.2. The number of hydrogen-bond acceptors (Lipinski definition) is 5. The molecule has 2 amide bonds. The van der Waals surface area contributed by atoms with E-state index < -0.39 is 0 Å². The van der Waals surface area contributed by atoms with Crippen molar-refractivity contribution in [3.05, 3.63) is 82.9 Å². The summed E-state index contributed by atoms with van der Waals surface area (Å²) in [5, 5.41) is 8.80. The number of halogens is 1. The first kappa shape index (κ1) is 20.2. The van der Waals surface area contributed by atoms with E-state index in [0.29, 0.717) is 23.8 Å². The molecular formula is C25H22ClN5O2. The highest BCUT2D eigenvalue weighted by Crippen LogP contribution is 2.41. The zero-order valence-electron chi connectivity index (χ0n) is 17.8. The summed E-state index contributed by atoms with van der Waals surface area (Å²) >= 11 is 6.12. The van der Waals surface area contributed by atoms with Crippen LogP contribution < -0.4 is 10.2 Å². The Labute approximate surface area is 196 Å². The van der Waals surface area contributed by atoms with Gasteiger partial charge in [0.15, 0.2) is 0 Å². The molecule has 1 N–H and O–H groups in total. The summed E-state index contributed by atoms with van der Waals surface area (Å²) in [5.74, 6) is -0.367. The minimum absolute atomic E-state index is 0.00758. The number of aromatic nitrogens is 3. The third-order valence-electron chi connectivity index (χ3n) is 6.84. The minimum Gasteiger partial charge on any atom is -0.347 e. The lowest BCUT2D eigenvalue weighted by Gasteiger charge is -2.31. The summed E-state index contributed by atoms with van der Waals surface area (Å²) in [4.78, 5) is 32.0. The Kier molecular flexibility index (Phi) is 4.80. The topological polar surface area (TPSA) is 80.1 Å². The van der Waals surface area contributed by atoms with Crippen LogP contribution >= 0.6 is 11.6 Å². The lowest BCUT2D eigenvalue weighted by molar-refractivity contribution is -0.122. The summed E-state index contributed by atoms with van der Waals surface area (Å²) in [6, 6.07) is 17.7. The van der Waals surface area contributed by atoms with Gasteiger partial charge in [-0.15, -0.1) is 5.10 Å². The monoisotopic (exact) mass is 459 g/mol. The molecule has 1 aromatic heterocycles. The average Bonchev–Trinajstić information content (AvgIpc) is 3.38. The molecule has 3 aromatic rings. The first-order chi connectivity index (χ1) is 16.1. The number of benzene rings is 2. The molecule has 33 heavy (non-hydrogen) atoms. The number of rotatable bonds is 3. The van der Waals surface area contributed by atoms with E-state index in [1.165, 1.54) is 4.90 Å². The molecule has 6 rings (SSSR count). The molecule has 0 radical (unpaired) electrons. The van der Waals surface area contributed by atoms with Crippen molar-refractivity contribution in [1.82, 2.24) is 14.8 Å². The number of hydrogen-bond donors (Lipinski definition) is 1. The van der Waals surface area contributed by atoms with Crippen LogP contribution in [-0.4, -0.2) is 26.6 Å². The van der Waals surface area contributed by atoms with Gasteiger partial charge in [-0.3, -0.25) is 9.59 Å². The van der Waals surface area contributed by atoms with Gasteiger partial charge in [0.05, 0.1) is 23.9 Å². The van der Waals surface area contributed by atoms with E-state index in [0.717, 1.165) is 17.5 Å². The molecular weight excluding hydrogens is 438 g/mol. The Morgan fingerprint density at radius 2 is 1.55 bits per heavy atom. The number of carbonyl (C=O) groups excluding carboxylic acids is 2. The maximum Gasteiger partial charge on any atom is 0.260 e. The van der Waals surface area contributed by atoms with Gasteiger partial charge in [-0.05, 0) is 42.5 Å². The lowest BCUT2D eigenvalue weighted by Crippen LogP contribution is -2.32. The third-order valence-corrected chi connectivity index (χ3v) is 7.09. The summed E-state index contributed by atoms with van der Waals surface area (Å²) < 4.78 is 1.79. The van der Waals surface area contributed by atoms with Crippen molar-refractivity contribution in [2.45, 2.75) is 31.3 Å². The highest BCUT2D eigenvalue weighted by Gasteiger charge is 2.49. The maximum atomic E-state index is 13.1. The van der Waals surface area contributed by atoms with E-state index in [1.807, 2.05) is 54.6 Å². The number of nitrogens with one attached hydrogen (secondary N) is 1. The summed E-state index contributed by atoms with van der Waals surface area (Å²) in [7, 11) is 0. The highest BCUT2D eigenvalue weighted by molar-refractivity contribution is 6.30. The molecule has 8 heteroatoms. The minimum atomic E-state index is -0.319. The fourth-order valence-corrected chi connectivity index (χ4v) is 5.25. The van der Waals surface area contributed by atoms with E-state index in [1.54, 1.807) is 4.68 Å². The standard InChI is InChI=1S/C25H22ClN5O2/c26-17-12-10-16(11-13-17)21-14-20(15-6-2-1-3-7-15)27-24-28-25(29-31(21)24)30-22(32)18-8-4-5-9-19(18)23(30)33/h1-7,10-13,18-21H,8-9,14H2,(H,27,28,29)/t18-,19-,20+,21-/m0/s1. The highest BCUT2D eigenvalue weighted by atomic mass is 35.5. The van der Waals surface area contributed by atoms with Gasteiger partial charge in [-0.1, -0.05) is 66.2 Å². The molecule has 7 nitrogen and oxygen atoms in total. The second-order valence-electron chi connectivity index (χ2n) is 8.76. The molecule has 2 aromatic carbocycles. The van der Waals surface area contributed by atoms with Crippen LogP contribution in [0.3, 0.4) is 0 Å². The van der Waals surface area contributed by atoms with Gasteiger partial charge >= 0.3 is 0 Å². The molecule has 1 fully saturated rings. The van der Waals surface area contributed by atoms with Crippen LogP contribution in [0.2, 0.25) is 5.02 Å². The summed E-state index contributed by atoms with van der Waals surface area (Å²) in [6.07, 6.45) is 5.86. The van der Waals surface area contributed by atoms with E-state index in [9.17, 15) is 9.59 Å². The van der Waals surface area contributed by atoms with Gasteiger partial charge in [-0.2, -0.15) is 4.98 Å². The van der Waals surface area contributed by atoms with E-state index in [-0.39, 0.29) is 41.7 Å². The second kappa shape index (κ2) is 7.85. The fourth-order valence-electron chi connectivity index (χ4n) is 5.12. The van der Waals surface area contributed by atoms with Gasteiger partial charge in [-0.25, -0.2) is 9.58 Å². The van der Waals surface area contributed by atoms with Crippen molar-refractivity contribution < 1.29 is 9.59 Å². The maximum absolute atomic E-state index is 13.1. The summed E-state index contributed by atoms with van der Waals surface area (Å²) in [6.45, 7) is 0.